The van der Waals surface area contributed by atoms with Gasteiger partial charge in [-0.05, 0) is 25.0 Å². The van der Waals surface area contributed by atoms with Crippen LogP contribution in [0.3, 0.4) is 0 Å². The summed E-state index contributed by atoms with van der Waals surface area (Å²) >= 11 is 0. The van der Waals surface area contributed by atoms with Crippen LogP contribution in [-0.4, -0.2) is 25.8 Å². The van der Waals surface area contributed by atoms with Gasteiger partial charge in [-0.1, -0.05) is 0 Å². The van der Waals surface area contributed by atoms with Crippen molar-refractivity contribution in [2.24, 2.45) is 5.73 Å². The maximum atomic E-state index is 14.2. The average Bonchev–Trinajstić information content (AvgIpc) is 3.45. The van der Waals surface area contributed by atoms with E-state index in [4.69, 9.17) is 5.73 Å². The lowest BCUT2D eigenvalue weighted by molar-refractivity contribution is -0.120. The third-order valence-corrected chi connectivity index (χ3v) is 4.51. The molecule has 6 nitrogen and oxygen atoms in total. The quantitative estimate of drug-likeness (QED) is 0.777. The minimum atomic E-state index is -0.863. The average molecular weight is 353 g/mol. The van der Waals surface area contributed by atoms with Crippen molar-refractivity contribution in [1.82, 2.24) is 19.9 Å². The van der Waals surface area contributed by atoms with Crippen molar-refractivity contribution in [3.63, 3.8) is 0 Å². The zero-order valence-electron chi connectivity index (χ0n) is 13.5. The summed E-state index contributed by atoms with van der Waals surface area (Å²) < 4.78 is 28.5. The Morgan fingerprint density at radius 3 is 2.35 bits per heavy atom. The van der Waals surface area contributed by atoms with Gasteiger partial charge in [-0.3, -0.25) is 19.7 Å². The van der Waals surface area contributed by atoms with Crippen molar-refractivity contribution in [3.8, 4) is 22.5 Å². The third-order valence-electron chi connectivity index (χ3n) is 4.51. The molecule has 0 bridgehead atoms. The summed E-state index contributed by atoms with van der Waals surface area (Å²) in [6.07, 6.45) is 7.39. The van der Waals surface area contributed by atoms with Gasteiger partial charge in [-0.25, -0.2) is 13.8 Å². The Morgan fingerprint density at radius 2 is 1.77 bits per heavy atom. The van der Waals surface area contributed by atoms with E-state index in [0.29, 0.717) is 24.1 Å². The lowest BCUT2D eigenvalue weighted by atomic mass is 10.00. The van der Waals surface area contributed by atoms with Gasteiger partial charge in [-0.2, -0.15) is 0 Å². The number of nitrogens with two attached hydrogens (primary N) is 1. The molecule has 0 aromatic carbocycles. The molecule has 0 radical (unpaired) electrons. The molecular formula is C18H13F2N5O. The Balaban J connectivity index is 1.97. The molecule has 26 heavy (non-hydrogen) atoms. The molecule has 3 aromatic heterocycles. The summed E-state index contributed by atoms with van der Waals surface area (Å²) in [7, 11) is 0. The number of hydrogen-bond donors (Lipinski definition) is 1. The van der Waals surface area contributed by atoms with E-state index >= 15 is 0 Å². The van der Waals surface area contributed by atoms with Gasteiger partial charge in [0.1, 0.15) is 5.69 Å². The molecule has 4 rings (SSSR count). The van der Waals surface area contributed by atoms with Crippen molar-refractivity contribution in [1.29, 1.82) is 0 Å². The van der Waals surface area contributed by atoms with Gasteiger partial charge in [-0.15, -0.1) is 0 Å². The number of primary amides is 1. The Morgan fingerprint density at radius 1 is 1.04 bits per heavy atom. The summed E-state index contributed by atoms with van der Waals surface area (Å²) in [4.78, 5) is 28.1. The molecule has 3 aromatic rings. The molecule has 1 aliphatic carbocycles. The standard InChI is InChI=1S/C18H13F2N5O/c19-11-7-23-8-12(20)14(11)16-15(10-2-1-5-22-6-10)25-13(9-24-16)18(3-4-18)17(21)26/h1-2,5-9H,3-4H2,(H2,21,26). The molecule has 1 saturated carbocycles. The second kappa shape index (κ2) is 5.91. The number of nitrogens with zero attached hydrogens (tertiary/aromatic N) is 4. The highest BCUT2D eigenvalue weighted by molar-refractivity contribution is 5.89. The van der Waals surface area contributed by atoms with Gasteiger partial charge in [0, 0.05) is 18.0 Å². The van der Waals surface area contributed by atoms with Crippen LogP contribution in [0.15, 0.2) is 43.1 Å². The van der Waals surface area contributed by atoms with E-state index in [-0.39, 0.29) is 17.0 Å². The van der Waals surface area contributed by atoms with Gasteiger partial charge in [0.25, 0.3) is 0 Å². The molecule has 0 saturated heterocycles. The lowest BCUT2D eigenvalue weighted by Crippen LogP contribution is -2.29. The van der Waals surface area contributed by atoms with Gasteiger partial charge in [0.05, 0.1) is 41.0 Å². The fourth-order valence-corrected chi connectivity index (χ4v) is 2.90. The van der Waals surface area contributed by atoms with E-state index in [0.717, 1.165) is 12.4 Å². The Labute approximate surface area is 147 Å². The number of amides is 1. The fourth-order valence-electron chi connectivity index (χ4n) is 2.90. The van der Waals surface area contributed by atoms with Crippen molar-refractivity contribution in [3.05, 3.63) is 60.4 Å². The van der Waals surface area contributed by atoms with Crippen LogP contribution < -0.4 is 5.73 Å². The number of halogens is 2. The number of carbonyl (C=O) groups excluding carboxylic acids is 1. The van der Waals surface area contributed by atoms with Gasteiger partial charge < -0.3 is 5.73 Å². The van der Waals surface area contributed by atoms with Crippen molar-refractivity contribution in [2.75, 3.05) is 0 Å². The number of aromatic nitrogens is 4. The fraction of sp³-hybridized carbons (Fsp3) is 0.167. The second-order valence-electron chi connectivity index (χ2n) is 6.12. The van der Waals surface area contributed by atoms with E-state index in [2.05, 4.69) is 19.9 Å². The Hall–Kier alpha value is -3.29. The van der Waals surface area contributed by atoms with Crippen LogP contribution in [-0.2, 0) is 10.2 Å². The molecule has 0 aliphatic heterocycles. The molecule has 0 unspecified atom stereocenters. The molecule has 0 atom stereocenters. The van der Waals surface area contributed by atoms with Crippen molar-refractivity contribution < 1.29 is 13.6 Å². The zero-order chi connectivity index (χ0) is 18.3. The normalized spacial score (nSPS) is 14.8. The number of carbonyl (C=O) groups is 1. The first-order chi connectivity index (χ1) is 12.5. The van der Waals surface area contributed by atoms with Crippen molar-refractivity contribution in [2.45, 2.75) is 18.3 Å². The molecular weight excluding hydrogens is 340 g/mol. The molecule has 1 fully saturated rings. The number of pyridine rings is 2. The first-order valence-corrected chi connectivity index (χ1v) is 7.90. The van der Waals surface area contributed by atoms with Crippen LogP contribution in [0, 0.1) is 11.6 Å². The number of rotatable bonds is 4. The molecule has 3 heterocycles. The van der Waals surface area contributed by atoms with Crippen LogP contribution in [0.1, 0.15) is 18.5 Å². The number of hydrogen-bond acceptors (Lipinski definition) is 5. The zero-order valence-corrected chi connectivity index (χ0v) is 13.5. The summed E-state index contributed by atoms with van der Waals surface area (Å²) in [6, 6.07) is 3.37. The van der Waals surface area contributed by atoms with Gasteiger partial charge in [0.2, 0.25) is 5.91 Å². The minimum absolute atomic E-state index is 0.0134. The largest absolute Gasteiger partial charge is 0.369 e. The van der Waals surface area contributed by atoms with Crippen molar-refractivity contribution >= 4 is 5.91 Å². The predicted molar refractivity (Wildman–Crippen MR) is 88.5 cm³/mol. The van der Waals surface area contributed by atoms with Gasteiger partial charge in [0.15, 0.2) is 11.6 Å². The van der Waals surface area contributed by atoms with E-state index in [9.17, 15) is 13.6 Å². The third kappa shape index (κ3) is 2.50. The summed E-state index contributed by atoms with van der Waals surface area (Å²) in [5, 5.41) is 0. The molecule has 1 amide bonds. The van der Waals surface area contributed by atoms with Crippen LogP contribution in [0.2, 0.25) is 0 Å². The maximum absolute atomic E-state index is 14.2. The lowest BCUT2D eigenvalue weighted by Gasteiger charge is -2.15. The topological polar surface area (TPSA) is 94.7 Å². The molecule has 8 heteroatoms. The smallest absolute Gasteiger partial charge is 0.229 e. The maximum Gasteiger partial charge on any atom is 0.229 e. The highest BCUT2D eigenvalue weighted by Gasteiger charge is 2.52. The molecule has 0 spiro atoms. The Bertz CT molecular complexity index is 985. The first kappa shape index (κ1) is 16.2. The SMILES string of the molecule is NC(=O)C1(c2cnc(-c3c(F)cncc3F)c(-c3cccnc3)n2)CC1. The van der Waals surface area contributed by atoms with Crippen LogP contribution in [0.25, 0.3) is 22.5 Å². The second-order valence-corrected chi connectivity index (χ2v) is 6.12. The summed E-state index contributed by atoms with van der Waals surface area (Å²) in [6.45, 7) is 0. The van der Waals surface area contributed by atoms with E-state index in [1.165, 1.54) is 12.4 Å². The molecule has 130 valence electrons. The Kier molecular flexibility index (Phi) is 3.68. The predicted octanol–water partition coefficient (Wildman–Crippen LogP) is 2.40. The minimum Gasteiger partial charge on any atom is -0.369 e. The van der Waals surface area contributed by atoms with Gasteiger partial charge >= 0.3 is 0 Å². The molecule has 1 aliphatic rings. The molecule has 2 N–H and O–H groups in total. The monoisotopic (exact) mass is 353 g/mol. The van der Waals surface area contributed by atoms with E-state index in [1.54, 1.807) is 18.3 Å². The van der Waals surface area contributed by atoms with E-state index < -0.39 is 23.0 Å². The summed E-state index contributed by atoms with van der Waals surface area (Å²) in [5.74, 6) is -2.19. The first-order valence-electron chi connectivity index (χ1n) is 7.90. The summed E-state index contributed by atoms with van der Waals surface area (Å²) in [5.41, 5.74) is 5.46. The van der Waals surface area contributed by atoms with Crippen LogP contribution in [0.4, 0.5) is 8.78 Å². The van der Waals surface area contributed by atoms with Crippen LogP contribution >= 0.6 is 0 Å². The van der Waals surface area contributed by atoms with Crippen LogP contribution in [0.5, 0.6) is 0 Å². The highest BCUT2D eigenvalue weighted by atomic mass is 19.1. The highest BCUT2D eigenvalue weighted by Crippen LogP contribution is 2.47. The van der Waals surface area contributed by atoms with E-state index in [1.807, 2.05) is 0 Å².